The van der Waals surface area contributed by atoms with Crippen molar-refractivity contribution in [3.8, 4) is 5.75 Å². The molecule has 5 rings (SSSR count). The highest BCUT2D eigenvalue weighted by atomic mass is 32.2. The summed E-state index contributed by atoms with van der Waals surface area (Å²) in [5, 5.41) is 2.11. The van der Waals surface area contributed by atoms with E-state index in [0.29, 0.717) is 5.56 Å². The molecule has 0 bridgehead atoms. The molecule has 1 aromatic heterocycles. The molecule has 1 fully saturated rings. The Labute approximate surface area is 257 Å². The van der Waals surface area contributed by atoms with Gasteiger partial charge in [0, 0.05) is 54.0 Å². The molecule has 0 atom stereocenters. The number of hydrogen-bond acceptors (Lipinski definition) is 6. The van der Waals surface area contributed by atoms with Crippen LogP contribution in [0.2, 0.25) is 0 Å². The van der Waals surface area contributed by atoms with Crippen LogP contribution in [0.5, 0.6) is 5.75 Å². The maximum absolute atomic E-state index is 13.2. The van der Waals surface area contributed by atoms with Crippen LogP contribution in [0.4, 0.5) is 10.5 Å². The quantitative estimate of drug-likeness (QED) is 0.273. The van der Waals surface area contributed by atoms with Gasteiger partial charge < -0.3 is 14.0 Å². The first-order valence-electron chi connectivity index (χ1n) is 18.7. The summed E-state index contributed by atoms with van der Waals surface area (Å²) < 4.78 is 145. The summed E-state index contributed by atoms with van der Waals surface area (Å²) in [6.45, 7) is -1.38. The number of fused-ring (bicyclic) bond motifs is 1. The number of ether oxygens (including phenoxy) is 2. The fourth-order valence-corrected chi connectivity index (χ4v) is 5.44. The summed E-state index contributed by atoms with van der Waals surface area (Å²) in [6.07, 6.45) is -12.1. The van der Waals surface area contributed by atoms with E-state index in [-0.39, 0.29) is 27.0 Å². The van der Waals surface area contributed by atoms with E-state index in [0.717, 1.165) is 35.0 Å². The monoisotopic (exact) mass is 588 g/mol. The van der Waals surface area contributed by atoms with Gasteiger partial charge in [-0.25, -0.2) is 17.9 Å². The van der Waals surface area contributed by atoms with Crippen molar-refractivity contribution in [1.82, 2.24) is 9.29 Å². The van der Waals surface area contributed by atoms with Crippen LogP contribution >= 0.6 is 0 Å². The van der Waals surface area contributed by atoms with Crippen LogP contribution < -0.4 is 14.8 Å². The van der Waals surface area contributed by atoms with E-state index in [2.05, 4.69) is 5.32 Å². The lowest BCUT2D eigenvalue weighted by Crippen LogP contribution is -2.31. The third-order valence-electron chi connectivity index (χ3n) is 6.18. The maximum Gasteiger partial charge on any atom is 0.411 e. The Balaban J connectivity index is 1.56. The number of carbonyl (C=O) groups excluding carboxylic acids is 2. The third-order valence-corrected chi connectivity index (χ3v) is 7.67. The van der Waals surface area contributed by atoms with Crippen LogP contribution in [0.15, 0.2) is 71.8 Å². The zero-order valence-electron chi connectivity index (χ0n) is 34.6. The van der Waals surface area contributed by atoms with Gasteiger partial charge >= 0.3 is 6.09 Å². The van der Waals surface area contributed by atoms with E-state index in [1.165, 1.54) is 37.3 Å². The number of benzene rings is 3. The number of aryl methyl sites for hydroxylation is 2. The molecule has 9 nitrogen and oxygen atoms in total. The zero-order chi connectivity index (χ0) is 40.4. The number of carbonyl (C=O) groups is 2. The van der Waals surface area contributed by atoms with Gasteiger partial charge in [-0.1, -0.05) is 24.3 Å². The first-order chi connectivity index (χ1) is 24.6. The van der Waals surface area contributed by atoms with Crippen LogP contribution in [-0.4, -0.2) is 38.1 Å². The summed E-state index contributed by atoms with van der Waals surface area (Å²) in [7, 11) is -7.62. The fourth-order valence-electron chi connectivity index (χ4n) is 4.22. The Hall–Kier alpha value is -4.31. The van der Waals surface area contributed by atoms with Gasteiger partial charge in [-0.3, -0.25) is 10.1 Å². The summed E-state index contributed by atoms with van der Waals surface area (Å²) in [5.74, 6) is -1.91. The Bertz CT molecular complexity index is 2240. The van der Waals surface area contributed by atoms with Gasteiger partial charge in [-0.2, -0.15) is 0 Å². The lowest BCUT2D eigenvalue weighted by molar-refractivity contribution is 0.0980. The molecule has 3 aromatic carbocycles. The van der Waals surface area contributed by atoms with Crippen LogP contribution in [0.1, 0.15) is 70.5 Å². The number of amides is 2. The predicted molar refractivity (Wildman–Crippen MR) is 157 cm³/mol. The number of aromatic nitrogens is 1. The Morgan fingerprint density at radius 3 is 2.68 bits per heavy atom. The molecule has 0 aliphatic heterocycles. The van der Waals surface area contributed by atoms with Gasteiger partial charge in [0.25, 0.3) is 15.9 Å². The zero-order valence-corrected chi connectivity index (χ0v) is 22.4. The first kappa shape index (κ1) is 16.2. The number of nitrogens with zero attached hydrogens (tertiary/aromatic N) is 1. The smallest absolute Gasteiger partial charge is 0.411 e. The van der Waals surface area contributed by atoms with E-state index in [9.17, 15) is 20.7 Å². The Morgan fingerprint density at radius 1 is 1.12 bits per heavy atom. The van der Waals surface area contributed by atoms with Crippen LogP contribution in [0.25, 0.3) is 10.9 Å². The highest BCUT2D eigenvalue weighted by Crippen LogP contribution is 2.30. The van der Waals surface area contributed by atoms with E-state index in [4.69, 9.17) is 24.6 Å². The molecule has 0 spiro atoms. The van der Waals surface area contributed by atoms with Gasteiger partial charge in [0.05, 0.1) is 17.4 Å². The molecule has 10 heteroatoms. The van der Waals surface area contributed by atoms with E-state index in [1.54, 1.807) is 6.07 Å². The minimum atomic E-state index is -4.41. The Kier molecular flexibility index (Phi) is 4.61. The topological polar surface area (TPSA) is 116 Å². The second kappa shape index (κ2) is 11.7. The molecule has 1 aliphatic carbocycles. The van der Waals surface area contributed by atoms with Gasteiger partial charge in [0.15, 0.2) is 0 Å². The third kappa shape index (κ3) is 6.22. The van der Waals surface area contributed by atoms with Crippen LogP contribution in [0, 0.1) is 6.92 Å². The summed E-state index contributed by atoms with van der Waals surface area (Å²) in [6, 6.07) is 12.2. The van der Waals surface area contributed by atoms with E-state index in [1.807, 2.05) is 4.72 Å². The molecule has 41 heavy (non-hydrogen) atoms. The van der Waals surface area contributed by atoms with Crippen molar-refractivity contribution in [2.24, 2.45) is 6.98 Å². The van der Waals surface area contributed by atoms with E-state index >= 15 is 0 Å². The van der Waals surface area contributed by atoms with Crippen molar-refractivity contribution in [1.29, 1.82) is 0 Å². The Morgan fingerprint density at radius 2 is 1.93 bits per heavy atom. The molecule has 4 aromatic rings. The average molecular weight is 589 g/mol. The second-order valence-corrected chi connectivity index (χ2v) is 10.6. The molecule has 0 saturated heterocycles. The van der Waals surface area contributed by atoms with Crippen molar-refractivity contribution in [2.75, 3.05) is 12.4 Å². The molecule has 0 radical (unpaired) electrons. The highest BCUT2D eigenvalue weighted by molar-refractivity contribution is 7.90. The van der Waals surface area contributed by atoms with Crippen LogP contribution in [0.3, 0.4) is 0 Å². The van der Waals surface area contributed by atoms with Gasteiger partial charge in [-0.05, 0) is 85.6 Å². The first-order valence-corrected chi connectivity index (χ1v) is 13.7. The number of rotatable bonds is 8. The lowest BCUT2D eigenvalue weighted by atomic mass is 10.0. The molecule has 0 unspecified atom stereocenters. The van der Waals surface area contributed by atoms with Gasteiger partial charge in [0.2, 0.25) is 0 Å². The second-order valence-electron chi connectivity index (χ2n) is 8.98. The minimum Gasteiger partial charge on any atom is -0.496 e. The van der Waals surface area contributed by atoms with Crippen molar-refractivity contribution in [3.63, 3.8) is 0 Å². The maximum atomic E-state index is 13.2. The van der Waals surface area contributed by atoms with Crippen LogP contribution in [-0.2, 0) is 28.1 Å². The molecule has 2 N–H and O–H groups in total. The SMILES string of the molecule is [2H]C([2H])([2H])Oc1cc(C(=O)NS(=O)(=O)c2ccccc2C)ccc1C([2H])([2H])c1cn(C([2H])([2H])[2H])c2ccc(NC(=O)OC3([2H])C([2H])([2H])CCC3([2H])[2H])cc12. The highest BCUT2D eigenvalue weighted by Gasteiger charge is 2.22. The summed E-state index contributed by atoms with van der Waals surface area (Å²) >= 11 is 0. The normalized spacial score (nSPS) is 22.6. The van der Waals surface area contributed by atoms with Gasteiger partial charge in [-0.15, -0.1) is 0 Å². The van der Waals surface area contributed by atoms with Gasteiger partial charge in [0.1, 0.15) is 11.8 Å². The summed E-state index contributed by atoms with van der Waals surface area (Å²) in [5.41, 5.74) is -1.23. The largest absolute Gasteiger partial charge is 0.496 e. The minimum absolute atomic E-state index is 0.0797. The van der Waals surface area contributed by atoms with Crippen molar-refractivity contribution < 1.29 is 45.3 Å². The van der Waals surface area contributed by atoms with Crippen molar-refractivity contribution in [2.45, 2.75) is 49.9 Å². The standard InChI is InChI=1S/C31H33N3O6S/c1-20-8-4-7-11-29(20)41(37,38)33-30(35)22-13-12-21(28(17-22)39-3)16-23-19-34(2)27-15-14-24(18-26(23)27)32-31(36)40-25-9-5-6-10-25/h4,7-8,11-15,17-19,25H,5-6,9-10,16H2,1-3H3,(H,32,36)(H,33,35)/i2D3,3D3,9D2,10D2,16D2,25D. The number of hydrogen-bond donors (Lipinski definition) is 2. The lowest BCUT2D eigenvalue weighted by Gasteiger charge is -2.13. The van der Waals surface area contributed by atoms with Crippen molar-refractivity contribution in [3.05, 3.63) is 89.1 Å². The molecule has 1 heterocycles. The summed E-state index contributed by atoms with van der Waals surface area (Å²) in [4.78, 5) is 25.9. The molecule has 2 amide bonds. The number of anilines is 1. The number of nitrogens with one attached hydrogen (secondary N) is 2. The number of methoxy groups -OCH3 is 1. The molecule has 1 aliphatic rings. The molecular weight excluding hydrogens is 542 g/mol. The van der Waals surface area contributed by atoms with E-state index < -0.39 is 91.0 Å². The van der Waals surface area contributed by atoms with Crippen molar-refractivity contribution >= 4 is 38.6 Å². The average Bonchev–Trinajstić information content (AvgIpc) is 3.49. The molecule has 1 saturated carbocycles. The number of sulfonamides is 1. The molecule has 214 valence electrons. The fraction of sp³-hybridized carbons (Fsp3) is 0.290. The molecular formula is C31H33N3O6S. The predicted octanol–water partition coefficient (Wildman–Crippen LogP) is 5.70.